The van der Waals surface area contributed by atoms with Crippen molar-refractivity contribution in [2.75, 3.05) is 18.0 Å². The lowest BCUT2D eigenvalue weighted by atomic mass is 10.1. The molecule has 3 rings (SSSR count). The fraction of sp³-hybridized carbons (Fsp3) is 0.333. The molecular weight excluding hydrogens is 321 g/mol. The Kier molecular flexibility index (Phi) is 4.66. The van der Waals surface area contributed by atoms with Crippen molar-refractivity contribution in [2.24, 2.45) is 0 Å². The molecule has 2 aromatic heterocycles. The van der Waals surface area contributed by atoms with Crippen LogP contribution in [-0.2, 0) is 0 Å². The molecule has 120 valence electrons. The van der Waals surface area contributed by atoms with Crippen molar-refractivity contribution in [3.05, 3.63) is 47.4 Å². The maximum Gasteiger partial charge on any atom is 0.270 e. The van der Waals surface area contributed by atoms with Gasteiger partial charge in [0.05, 0.1) is 5.02 Å². The van der Waals surface area contributed by atoms with Crippen molar-refractivity contribution in [1.29, 1.82) is 0 Å². The maximum absolute atomic E-state index is 14.0. The highest BCUT2D eigenvalue weighted by Gasteiger charge is 2.24. The monoisotopic (exact) mass is 335 g/mol. The molecule has 1 saturated heterocycles. The molecule has 1 atom stereocenters. The fourth-order valence-electron chi connectivity index (χ4n) is 2.61. The predicted octanol–water partition coefficient (Wildman–Crippen LogP) is 2.06. The maximum atomic E-state index is 14.0. The predicted molar refractivity (Wildman–Crippen MR) is 83.9 cm³/mol. The van der Waals surface area contributed by atoms with Crippen molar-refractivity contribution in [3.63, 3.8) is 0 Å². The zero-order valence-electron chi connectivity index (χ0n) is 12.2. The Morgan fingerprint density at radius 1 is 1.43 bits per heavy atom. The SMILES string of the molecule is O=C(NC1CCCN(c2ncc(Cl)cc2F)C1)c1ccncn1. The summed E-state index contributed by atoms with van der Waals surface area (Å²) < 4.78 is 14.0. The van der Waals surface area contributed by atoms with Gasteiger partial charge in [-0.1, -0.05) is 11.6 Å². The van der Waals surface area contributed by atoms with Crippen LogP contribution >= 0.6 is 11.6 Å². The van der Waals surface area contributed by atoms with Crippen molar-refractivity contribution >= 4 is 23.3 Å². The number of halogens is 2. The molecule has 1 unspecified atom stereocenters. The van der Waals surface area contributed by atoms with Crippen LogP contribution in [0.5, 0.6) is 0 Å². The van der Waals surface area contributed by atoms with Crippen molar-refractivity contribution in [1.82, 2.24) is 20.3 Å². The van der Waals surface area contributed by atoms with Gasteiger partial charge in [0.25, 0.3) is 5.91 Å². The number of rotatable bonds is 3. The van der Waals surface area contributed by atoms with E-state index in [2.05, 4.69) is 20.3 Å². The molecule has 6 nitrogen and oxygen atoms in total. The molecule has 1 amide bonds. The normalized spacial score (nSPS) is 17.8. The smallest absolute Gasteiger partial charge is 0.270 e. The van der Waals surface area contributed by atoms with Crippen LogP contribution in [0.1, 0.15) is 23.3 Å². The number of nitrogens with one attached hydrogen (secondary N) is 1. The van der Waals surface area contributed by atoms with Crippen LogP contribution in [0.25, 0.3) is 0 Å². The third-order valence-corrected chi connectivity index (χ3v) is 3.87. The lowest BCUT2D eigenvalue weighted by Gasteiger charge is -2.34. The number of amides is 1. The largest absolute Gasteiger partial charge is 0.352 e. The number of piperidine rings is 1. The van der Waals surface area contributed by atoms with Gasteiger partial charge in [-0.2, -0.15) is 0 Å². The average molecular weight is 336 g/mol. The van der Waals surface area contributed by atoms with E-state index < -0.39 is 5.82 Å². The highest BCUT2D eigenvalue weighted by atomic mass is 35.5. The third kappa shape index (κ3) is 3.73. The van der Waals surface area contributed by atoms with E-state index in [0.29, 0.717) is 18.8 Å². The third-order valence-electron chi connectivity index (χ3n) is 3.66. The number of carbonyl (C=O) groups excluding carboxylic acids is 1. The van der Waals surface area contributed by atoms with E-state index in [1.165, 1.54) is 24.8 Å². The fourth-order valence-corrected chi connectivity index (χ4v) is 2.76. The zero-order valence-corrected chi connectivity index (χ0v) is 13.0. The number of nitrogens with zero attached hydrogens (tertiary/aromatic N) is 4. The first kappa shape index (κ1) is 15.6. The average Bonchev–Trinajstić information content (AvgIpc) is 2.56. The van der Waals surface area contributed by atoms with Gasteiger partial charge >= 0.3 is 0 Å². The molecule has 1 aliphatic rings. The molecule has 0 aromatic carbocycles. The molecule has 23 heavy (non-hydrogen) atoms. The van der Waals surface area contributed by atoms with Gasteiger partial charge in [0.15, 0.2) is 11.6 Å². The quantitative estimate of drug-likeness (QED) is 0.929. The molecule has 3 heterocycles. The standard InChI is InChI=1S/C15H15ClFN5O/c16-10-6-12(17)14(19-7-10)22-5-1-2-11(8-22)21-15(23)13-3-4-18-9-20-13/h3-4,6-7,9,11H,1-2,5,8H2,(H,21,23). The van der Waals surface area contributed by atoms with Crippen LogP contribution in [0.4, 0.5) is 10.2 Å². The van der Waals surface area contributed by atoms with Crippen LogP contribution in [0, 0.1) is 5.82 Å². The van der Waals surface area contributed by atoms with E-state index in [4.69, 9.17) is 11.6 Å². The molecule has 2 aromatic rings. The molecule has 8 heteroatoms. The van der Waals surface area contributed by atoms with Gasteiger partial charge in [-0.3, -0.25) is 4.79 Å². The van der Waals surface area contributed by atoms with Gasteiger partial charge in [-0.25, -0.2) is 19.3 Å². The molecule has 1 N–H and O–H groups in total. The van der Waals surface area contributed by atoms with Gasteiger partial charge in [0.1, 0.15) is 12.0 Å². The summed E-state index contributed by atoms with van der Waals surface area (Å²) in [5.74, 6) is -0.459. The summed E-state index contributed by atoms with van der Waals surface area (Å²) in [5, 5.41) is 3.18. The molecule has 0 saturated carbocycles. The molecule has 0 aliphatic carbocycles. The summed E-state index contributed by atoms with van der Waals surface area (Å²) in [4.78, 5) is 25.7. The first-order valence-corrected chi connectivity index (χ1v) is 7.64. The van der Waals surface area contributed by atoms with E-state index in [1.807, 2.05) is 4.90 Å². The van der Waals surface area contributed by atoms with E-state index in [9.17, 15) is 9.18 Å². The minimum absolute atomic E-state index is 0.0944. The van der Waals surface area contributed by atoms with E-state index in [-0.39, 0.29) is 22.8 Å². The van der Waals surface area contributed by atoms with Crippen molar-refractivity contribution < 1.29 is 9.18 Å². The van der Waals surface area contributed by atoms with Gasteiger partial charge < -0.3 is 10.2 Å². The van der Waals surface area contributed by atoms with Crippen molar-refractivity contribution in [3.8, 4) is 0 Å². The number of hydrogen-bond acceptors (Lipinski definition) is 5. The number of anilines is 1. The van der Waals surface area contributed by atoms with Gasteiger partial charge in [0.2, 0.25) is 0 Å². The molecule has 1 fully saturated rings. The highest BCUT2D eigenvalue weighted by molar-refractivity contribution is 6.30. The Morgan fingerprint density at radius 3 is 3.04 bits per heavy atom. The Bertz CT molecular complexity index is 700. The van der Waals surface area contributed by atoms with Crippen LogP contribution in [0.15, 0.2) is 30.9 Å². The van der Waals surface area contributed by atoms with Gasteiger partial charge in [-0.05, 0) is 25.0 Å². The Hall–Kier alpha value is -2.28. The summed E-state index contributed by atoms with van der Waals surface area (Å²) in [7, 11) is 0. The van der Waals surface area contributed by atoms with Gasteiger partial charge in [0, 0.05) is 31.5 Å². The topological polar surface area (TPSA) is 71.0 Å². The molecule has 0 bridgehead atoms. The lowest BCUT2D eigenvalue weighted by molar-refractivity contribution is 0.0928. The van der Waals surface area contributed by atoms with E-state index in [1.54, 1.807) is 6.07 Å². The molecular formula is C15H15ClFN5O. The van der Waals surface area contributed by atoms with Crippen LogP contribution < -0.4 is 10.2 Å². The zero-order chi connectivity index (χ0) is 16.2. The number of aromatic nitrogens is 3. The Morgan fingerprint density at radius 2 is 2.30 bits per heavy atom. The first-order valence-electron chi connectivity index (χ1n) is 7.26. The second-order valence-electron chi connectivity index (χ2n) is 5.31. The lowest BCUT2D eigenvalue weighted by Crippen LogP contribution is -2.48. The van der Waals surface area contributed by atoms with Crippen LogP contribution in [-0.4, -0.2) is 40.0 Å². The van der Waals surface area contributed by atoms with Crippen molar-refractivity contribution in [2.45, 2.75) is 18.9 Å². The first-order chi connectivity index (χ1) is 11.1. The summed E-state index contributed by atoms with van der Waals surface area (Å²) in [6, 6.07) is 2.70. The summed E-state index contributed by atoms with van der Waals surface area (Å²) in [5.41, 5.74) is 0.313. The molecule has 0 radical (unpaired) electrons. The Balaban J connectivity index is 1.67. The second kappa shape index (κ2) is 6.87. The van der Waals surface area contributed by atoms with Crippen LogP contribution in [0.2, 0.25) is 5.02 Å². The van der Waals surface area contributed by atoms with Crippen LogP contribution in [0.3, 0.4) is 0 Å². The van der Waals surface area contributed by atoms with E-state index in [0.717, 1.165) is 12.8 Å². The second-order valence-corrected chi connectivity index (χ2v) is 5.75. The highest BCUT2D eigenvalue weighted by Crippen LogP contribution is 2.23. The number of carbonyl (C=O) groups is 1. The summed E-state index contributed by atoms with van der Waals surface area (Å²) >= 11 is 5.73. The molecule has 0 spiro atoms. The van der Waals surface area contributed by atoms with Gasteiger partial charge in [-0.15, -0.1) is 0 Å². The summed E-state index contributed by atoms with van der Waals surface area (Å²) in [6.07, 6.45) is 5.92. The Labute approximate surface area is 137 Å². The van der Waals surface area contributed by atoms with E-state index >= 15 is 0 Å². The minimum atomic E-state index is -0.458. The molecule has 1 aliphatic heterocycles. The summed E-state index contributed by atoms with van der Waals surface area (Å²) in [6.45, 7) is 1.17. The number of hydrogen-bond donors (Lipinski definition) is 1. The number of pyridine rings is 1. The minimum Gasteiger partial charge on any atom is -0.352 e.